The summed E-state index contributed by atoms with van der Waals surface area (Å²) in [5, 5.41) is 9.95. The number of halogens is 1. The first kappa shape index (κ1) is 12.7. The Morgan fingerprint density at radius 1 is 1.00 bits per heavy atom. The number of hydrogen-bond acceptors (Lipinski definition) is 1. The van der Waals surface area contributed by atoms with Crippen LogP contribution < -0.4 is 0 Å². The van der Waals surface area contributed by atoms with Gasteiger partial charge in [-0.15, -0.1) is 0 Å². The summed E-state index contributed by atoms with van der Waals surface area (Å²) in [5.74, 6) is -0.0672. The van der Waals surface area contributed by atoms with Crippen molar-refractivity contribution in [1.82, 2.24) is 0 Å². The van der Waals surface area contributed by atoms with Crippen LogP contribution in [0.1, 0.15) is 23.5 Å². The van der Waals surface area contributed by atoms with E-state index in [1.165, 1.54) is 5.56 Å². The van der Waals surface area contributed by atoms with Crippen molar-refractivity contribution in [2.75, 3.05) is 0 Å². The Morgan fingerprint density at radius 2 is 1.67 bits per heavy atom. The van der Waals surface area contributed by atoms with Crippen molar-refractivity contribution in [3.63, 3.8) is 0 Å². The summed E-state index contributed by atoms with van der Waals surface area (Å²) in [6, 6.07) is 20.1. The van der Waals surface area contributed by atoms with E-state index in [1.54, 1.807) is 0 Å². The van der Waals surface area contributed by atoms with Crippen LogP contribution in [-0.4, -0.2) is 0 Å². The Hall–Kier alpha value is -1.78. The van der Waals surface area contributed by atoms with Crippen molar-refractivity contribution < 1.29 is 0 Å². The molecule has 1 atom stereocenters. The normalized spacial score (nSPS) is 11.8. The number of nitrogens with zero attached hydrogens (tertiary/aromatic N) is 1. The molecule has 0 saturated carbocycles. The number of nitriles is 1. The van der Waals surface area contributed by atoms with Crippen molar-refractivity contribution in [2.24, 2.45) is 0 Å². The van der Waals surface area contributed by atoms with Gasteiger partial charge < -0.3 is 0 Å². The fraction of sp³-hybridized carbons (Fsp3) is 0.188. The summed E-state index contributed by atoms with van der Waals surface area (Å²) in [5.41, 5.74) is 2.31. The first-order chi connectivity index (χ1) is 8.79. The smallest absolute Gasteiger partial charge is 0.0715 e. The molecule has 18 heavy (non-hydrogen) atoms. The van der Waals surface area contributed by atoms with Gasteiger partial charge in [-0.1, -0.05) is 54.1 Å². The highest BCUT2D eigenvalue weighted by atomic mass is 35.5. The molecule has 2 aromatic carbocycles. The topological polar surface area (TPSA) is 23.8 Å². The largest absolute Gasteiger partial charge is 0.198 e. The zero-order valence-electron chi connectivity index (χ0n) is 10.0. The Bertz CT molecular complexity index is 525. The van der Waals surface area contributed by atoms with Crippen LogP contribution in [-0.2, 0) is 6.42 Å². The fourth-order valence-corrected chi connectivity index (χ4v) is 2.08. The van der Waals surface area contributed by atoms with E-state index in [0.29, 0.717) is 5.02 Å². The van der Waals surface area contributed by atoms with Gasteiger partial charge in [0.15, 0.2) is 0 Å². The minimum absolute atomic E-state index is 0.0672. The lowest BCUT2D eigenvalue weighted by molar-refractivity contribution is 0.746. The fourth-order valence-electron chi connectivity index (χ4n) is 1.96. The van der Waals surface area contributed by atoms with Crippen molar-refractivity contribution in [3.8, 4) is 6.07 Å². The van der Waals surface area contributed by atoms with Crippen LogP contribution in [0.5, 0.6) is 0 Å². The van der Waals surface area contributed by atoms with Gasteiger partial charge in [0.1, 0.15) is 0 Å². The molecule has 0 aliphatic rings. The summed E-state index contributed by atoms with van der Waals surface area (Å²) in [4.78, 5) is 0. The molecule has 0 saturated heterocycles. The minimum atomic E-state index is -0.0672. The molecule has 0 spiro atoms. The standard InChI is InChI=1S/C16H14ClN/c17-16-10-8-14(9-11-16)15(12-18)7-6-13-4-2-1-3-5-13/h1-5,8-11,15H,6-7H2/t15-/m1/s1. The Kier molecular flexibility index (Phi) is 4.39. The molecular weight excluding hydrogens is 242 g/mol. The predicted octanol–water partition coefficient (Wildman–Crippen LogP) is 4.58. The minimum Gasteiger partial charge on any atom is -0.198 e. The molecule has 0 fully saturated rings. The molecule has 2 aromatic rings. The van der Waals surface area contributed by atoms with Gasteiger partial charge in [0, 0.05) is 5.02 Å². The van der Waals surface area contributed by atoms with Crippen molar-refractivity contribution >= 4 is 11.6 Å². The first-order valence-electron chi connectivity index (χ1n) is 5.98. The van der Waals surface area contributed by atoms with E-state index in [1.807, 2.05) is 42.5 Å². The van der Waals surface area contributed by atoms with Crippen LogP contribution in [0.25, 0.3) is 0 Å². The molecule has 0 aliphatic heterocycles. The molecule has 0 aromatic heterocycles. The van der Waals surface area contributed by atoms with Crippen molar-refractivity contribution in [3.05, 3.63) is 70.7 Å². The van der Waals surface area contributed by atoms with Crippen LogP contribution in [0.15, 0.2) is 54.6 Å². The summed E-state index contributed by atoms with van der Waals surface area (Å²) in [6.07, 6.45) is 1.75. The Morgan fingerprint density at radius 3 is 2.28 bits per heavy atom. The second-order valence-corrected chi connectivity index (χ2v) is 4.69. The predicted molar refractivity (Wildman–Crippen MR) is 74.6 cm³/mol. The van der Waals surface area contributed by atoms with E-state index in [4.69, 9.17) is 11.6 Å². The number of benzene rings is 2. The number of hydrogen-bond donors (Lipinski definition) is 0. The Balaban J connectivity index is 2.02. The maximum absolute atomic E-state index is 9.24. The first-order valence-corrected chi connectivity index (χ1v) is 6.36. The molecule has 2 heteroatoms. The van der Waals surface area contributed by atoms with E-state index < -0.39 is 0 Å². The van der Waals surface area contributed by atoms with Gasteiger partial charge in [-0.05, 0) is 36.1 Å². The quantitative estimate of drug-likeness (QED) is 0.785. The van der Waals surface area contributed by atoms with Crippen LogP contribution in [0.4, 0.5) is 0 Å². The Labute approximate surface area is 113 Å². The molecule has 1 nitrogen and oxygen atoms in total. The van der Waals surface area contributed by atoms with Gasteiger partial charge in [-0.25, -0.2) is 0 Å². The highest BCUT2D eigenvalue weighted by molar-refractivity contribution is 6.30. The highest BCUT2D eigenvalue weighted by Crippen LogP contribution is 2.22. The van der Waals surface area contributed by atoms with Gasteiger partial charge >= 0.3 is 0 Å². The zero-order chi connectivity index (χ0) is 12.8. The van der Waals surface area contributed by atoms with Gasteiger partial charge in [-0.3, -0.25) is 0 Å². The summed E-state index contributed by atoms with van der Waals surface area (Å²) in [6.45, 7) is 0. The monoisotopic (exact) mass is 255 g/mol. The lowest BCUT2D eigenvalue weighted by Gasteiger charge is -2.09. The molecule has 90 valence electrons. The molecule has 2 rings (SSSR count). The number of rotatable bonds is 4. The van der Waals surface area contributed by atoms with E-state index in [2.05, 4.69) is 18.2 Å². The van der Waals surface area contributed by atoms with Gasteiger partial charge in [0.25, 0.3) is 0 Å². The zero-order valence-corrected chi connectivity index (χ0v) is 10.8. The maximum Gasteiger partial charge on any atom is 0.0715 e. The highest BCUT2D eigenvalue weighted by Gasteiger charge is 2.10. The molecule has 0 heterocycles. The van der Waals surface area contributed by atoms with Gasteiger partial charge in [0.2, 0.25) is 0 Å². The summed E-state index contributed by atoms with van der Waals surface area (Å²) >= 11 is 5.85. The van der Waals surface area contributed by atoms with Crippen molar-refractivity contribution in [1.29, 1.82) is 5.26 Å². The van der Waals surface area contributed by atoms with Crippen LogP contribution in [0, 0.1) is 11.3 Å². The molecule has 0 amide bonds. The average molecular weight is 256 g/mol. The van der Waals surface area contributed by atoms with Crippen LogP contribution >= 0.6 is 11.6 Å². The van der Waals surface area contributed by atoms with E-state index >= 15 is 0 Å². The van der Waals surface area contributed by atoms with E-state index in [-0.39, 0.29) is 5.92 Å². The van der Waals surface area contributed by atoms with Crippen LogP contribution in [0.2, 0.25) is 5.02 Å². The number of aryl methyl sites for hydroxylation is 1. The third-order valence-corrected chi connectivity index (χ3v) is 3.24. The van der Waals surface area contributed by atoms with E-state index in [9.17, 15) is 5.26 Å². The van der Waals surface area contributed by atoms with Crippen LogP contribution in [0.3, 0.4) is 0 Å². The van der Waals surface area contributed by atoms with Crippen molar-refractivity contribution in [2.45, 2.75) is 18.8 Å². The third kappa shape index (κ3) is 3.35. The average Bonchev–Trinajstić information content (AvgIpc) is 2.42. The second kappa shape index (κ2) is 6.23. The molecule has 0 unspecified atom stereocenters. The SMILES string of the molecule is N#C[C@@H](CCc1ccccc1)c1ccc(Cl)cc1. The molecular formula is C16H14ClN. The summed E-state index contributed by atoms with van der Waals surface area (Å²) < 4.78 is 0. The van der Waals surface area contributed by atoms with Gasteiger partial charge in [-0.2, -0.15) is 5.26 Å². The lowest BCUT2D eigenvalue weighted by Crippen LogP contribution is -1.98. The lowest BCUT2D eigenvalue weighted by atomic mass is 9.94. The molecule has 0 aliphatic carbocycles. The molecule has 0 radical (unpaired) electrons. The molecule has 0 N–H and O–H groups in total. The van der Waals surface area contributed by atoms with Gasteiger partial charge in [0.05, 0.1) is 12.0 Å². The summed E-state index contributed by atoms with van der Waals surface area (Å²) in [7, 11) is 0. The third-order valence-electron chi connectivity index (χ3n) is 2.99. The maximum atomic E-state index is 9.24. The second-order valence-electron chi connectivity index (χ2n) is 4.26. The molecule has 0 bridgehead atoms. The van der Waals surface area contributed by atoms with E-state index in [0.717, 1.165) is 18.4 Å².